The molecule has 1 rings (SSSR count). The molecule has 0 amide bonds. The average molecular weight is 236 g/mol. The molecule has 0 saturated heterocycles. The number of aliphatic hydroxyl groups excluding tert-OH is 1. The average Bonchev–Trinajstić information content (AvgIpc) is 2.25. The Morgan fingerprint density at radius 1 is 1.29 bits per heavy atom. The van der Waals surface area contributed by atoms with Crippen molar-refractivity contribution in [1.82, 2.24) is 0 Å². The molecule has 0 saturated carbocycles. The van der Waals surface area contributed by atoms with E-state index in [9.17, 15) is 5.11 Å². The lowest BCUT2D eigenvalue weighted by Crippen LogP contribution is -2.26. The van der Waals surface area contributed by atoms with Crippen LogP contribution in [0.4, 0.5) is 0 Å². The summed E-state index contributed by atoms with van der Waals surface area (Å²) in [5, 5.41) is 10.0. The van der Waals surface area contributed by atoms with Gasteiger partial charge in [-0.1, -0.05) is 26.8 Å². The molecule has 1 aromatic carbocycles. The van der Waals surface area contributed by atoms with Gasteiger partial charge in [-0.2, -0.15) is 0 Å². The molecule has 96 valence electrons. The molecule has 1 aromatic rings. The van der Waals surface area contributed by atoms with Gasteiger partial charge in [0.25, 0.3) is 0 Å². The fourth-order valence-electron chi connectivity index (χ4n) is 1.80. The number of methoxy groups -OCH3 is 1. The van der Waals surface area contributed by atoms with Gasteiger partial charge in [0, 0.05) is 0 Å². The van der Waals surface area contributed by atoms with Crippen LogP contribution in [0.5, 0.6) is 5.75 Å². The van der Waals surface area contributed by atoms with Crippen molar-refractivity contribution in [3.05, 3.63) is 29.3 Å². The molecule has 2 heteroatoms. The highest BCUT2D eigenvalue weighted by Crippen LogP contribution is 2.24. The third-order valence-corrected chi connectivity index (χ3v) is 3.24. The Morgan fingerprint density at radius 2 is 1.94 bits per heavy atom. The third kappa shape index (κ3) is 4.04. The Morgan fingerprint density at radius 3 is 2.41 bits per heavy atom. The van der Waals surface area contributed by atoms with Crippen LogP contribution < -0.4 is 4.74 Å². The van der Waals surface area contributed by atoms with Gasteiger partial charge < -0.3 is 9.84 Å². The zero-order valence-electron chi connectivity index (χ0n) is 11.6. The maximum Gasteiger partial charge on any atom is 0.119 e. The molecule has 0 aliphatic carbocycles. The van der Waals surface area contributed by atoms with Crippen LogP contribution >= 0.6 is 0 Å². The first-order valence-electron chi connectivity index (χ1n) is 6.16. The van der Waals surface area contributed by atoms with E-state index in [2.05, 4.69) is 33.8 Å². The first-order valence-corrected chi connectivity index (χ1v) is 6.16. The van der Waals surface area contributed by atoms with Crippen molar-refractivity contribution in [2.24, 2.45) is 5.41 Å². The Labute approximate surface area is 105 Å². The second-order valence-electron chi connectivity index (χ2n) is 5.71. The lowest BCUT2D eigenvalue weighted by atomic mass is 9.85. The summed E-state index contributed by atoms with van der Waals surface area (Å²) < 4.78 is 5.18. The standard InChI is InChI=1S/C15H24O2/c1-11-10-13(17-5)8-6-12(11)7-9-14(16)15(2,3)4/h6,8,10,14,16H,7,9H2,1-5H3. The fourth-order valence-corrected chi connectivity index (χ4v) is 1.80. The third-order valence-electron chi connectivity index (χ3n) is 3.24. The summed E-state index contributed by atoms with van der Waals surface area (Å²) in [6.07, 6.45) is 1.45. The highest BCUT2D eigenvalue weighted by Gasteiger charge is 2.21. The second kappa shape index (κ2) is 5.54. The van der Waals surface area contributed by atoms with Crippen LogP contribution in [-0.4, -0.2) is 18.3 Å². The van der Waals surface area contributed by atoms with Gasteiger partial charge in [-0.15, -0.1) is 0 Å². The van der Waals surface area contributed by atoms with E-state index in [-0.39, 0.29) is 11.5 Å². The van der Waals surface area contributed by atoms with E-state index in [1.54, 1.807) is 7.11 Å². The lowest BCUT2D eigenvalue weighted by molar-refractivity contribution is 0.0560. The van der Waals surface area contributed by atoms with Crippen molar-refractivity contribution in [2.75, 3.05) is 7.11 Å². The van der Waals surface area contributed by atoms with Gasteiger partial charge in [0.1, 0.15) is 5.75 Å². The molecule has 1 N–H and O–H groups in total. The summed E-state index contributed by atoms with van der Waals surface area (Å²) in [5.74, 6) is 0.891. The van der Waals surface area contributed by atoms with Crippen molar-refractivity contribution in [3.63, 3.8) is 0 Å². The summed E-state index contributed by atoms with van der Waals surface area (Å²) in [4.78, 5) is 0. The monoisotopic (exact) mass is 236 g/mol. The Bertz CT molecular complexity index is 364. The van der Waals surface area contributed by atoms with E-state index in [4.69, 9.17) is 4.74 Å². The minimum Gasteiger partial charge on any atom is -0.497 e. The molecule has 17 heavy (non-hydrogen) atoms. The first-order chi connectivity index (χ1) is 7.84. The van der Waals surface area contributed by atoms with E-state index in [0.29, 0.717) is 0 Å². The van der Waals surface area contributed by atoms with Gasteiger partial charge in [-0.3, -0.25) is 0 Å². The van der Waals surface area contributed by atoms with Crippen LogP contribution in [-0.2, 0) is 6.42 Å². The van der Waals surface area contributed by atoms with Gasteiger partial charge in [0.2, 0.25) is 0 Å². The van der Waals surface area contributed by atoms with Crippen LogP contribution in [0.2, 0.25) is 0 Å². The number of benzene rings is 1. The molecule has 0 bridgehead atoms. The minimum absolute atomic E-state index is 0.0413. The summed E-state index contributed by atoms with van der Waals surface area (Å²) in [6.45, 7) is 8.29. The lowest BCUT2D eigenvalue weighted by Gasteiger charge is -2.26. The molecule has 0 aliphatic rings. The van der Waals surface area contributed by atoms with E-state index in [1.807, 2.05) is 12.1 Å². The summed E-state index contributed by atoms with van der Waals surface area (Å²) >= 11 is 0. The molecular weight excluding hydrogens is 212 g/mol. The van der Waals surface area contributed by atoms with E-state index >= 15 is 0 Å². The predicted molar refractivity (Wildman–Crippen MR) is 71.5 cm³/mol. The summed E-state index contributed by atoms with van der Waals surface area (Å²) in [6, 6.07) is 6.11. The zero-order valence-corrected chi connectivity index (χ0v) is 11.6. The van der Waals surface area contributed by atoms with Gasteiger partial charge in [0.15, 0.2) is 0 Å². The first kappa shape index (κ1) is 14.0. The Balaban J connectivity index is 2.64. The molecule has 0 radical (unpaired) electrons. The quantitative estimate of drug-likeness (QED) is 0.868. The molecule has 0 heterocycles. The normalized spacial score (nSPS) is 13.5. The largest absolute Gasteiger partial charge is 0.497 e. The summed E-state index contributed by atoms with van der Waals surface area (Å²) in [7, 11) is 1.68. The SMILES string of the molecule is COc1ccc(CCC(O)C(C)(C)C)c(C)c1. The number of ether oxygens (including phenoxy) is 1. The summed E-state index contributed by atoms with van der Waals surface area (Å²) in [5.41, 5.74) is 2.47. The van der Waals surface area contributed by atoms with Crippen LogP contribution in [0.1, 0.15) is 38.3 Å². The topological polar surface area (TPSA) is 29.5 Å². The zero-order chi connectivity index (χ0) is 13.1. The van der Waals surface area contributed by atoms with E-state index in [1.165, 1.54) is 11.1 Å². The van der Waals surface area contributed by atoms with E-state index < -0.39 is 0 Å². The molecule has 2 nitrogen and oxygen atoms in total. The number of hydrogen-bond donors (Lipinski definition) is 1. The molecule has 0 fully saturated rings. The second-order valence-corrected chi connectivity index (χ2v) is 5.71. The number of aryl methyl sites for hydroxylation is 2. The molecular formula is C15H24O2. The predicted octanol–water partition coefficient (Wildman–Crippen LogP) is 3.34. The van der Waals surface area contributed by atoms with Crippen LogP contribution in [0.15, 0.2) is 18.2 Å². The molecule has 1 atom stereocenters. The van der Waals surface area contributed by atoms with Crippen molar-refractivity contribution in [2.45, 2.75) is 46.6 Å². The highest BCUT2D eigenvalue weighted by atomic mass is 16.5. The van der Waals surface area contributed by atoms with Gasteiger partial charge >= 0.3 is 0 Å². The maximum atomic E-state index is 10.0. The Kier molecular flexibility index (Phi) is 4.58. The smallest absolute Gasteiger partial charge is 0.119 e. The maximum absolute atomic E-state index is 10.0. The van der Waals surface area contributed by atoms with Gasteiger partial charge in [-0.05, 0) is 48.4 Å². The van der Waals surface area contributed by atoms with Crippen molar-refractivity contribution in [3.8, 4) is 5.75 Å². The van der Waals surface area contributed by atoms with Crippen LogP contribution in [0.25, 0.3) is 0 Å². The fraction of sp³-hybridized carbons (Fsp3) is 0.600. The number of rotatable bonds is 4. The van der Waals surface area contributed by atoms with Crippen molar-refractivity contribution in [1.29, 1.82) is 0 Å². The van der Waals surface area contributed by atoms with Crippen LogP contribution in [0.3, 0.4) is 0 Å². The van der Waals surface area contributed by atoms with Gasteiger partial charge in [0.05, 0.1) is 13.2 Å². The Hall–Kier alpha value is -1.02. The minimum atomic E-state index is -0.260. The number of aliphatic hydroxyl groups is 1. The number of hydrogen-bond acceptors (Lipinski definition) is 2. The molecule has 0 spiro atoms. The van der Waals surface area contributed by atoms with Crippen LogP contribution in [0, 0.1) is 12.3 Å². The van der Waals surface area contributed by atoms with E-state index in [0.717, 1.165) is 18.6 Å². The molecule has 0 aromatic heterocycles. The molecule has 1 unspecified atom stereocenters. The van der Waals surface area contributed by atoms with Crippen molar-refractivity contribution >= 4 is 0 Å². The van der Waals surface area contributed by atoms with Crippen molar-refractivity contribution < 1.29 is 9.84 Å². The molecule has 0 aliphatic heterocycles. The highest BCUT2D eigenvalue weighted by molar-refractivity contribution is 5.34. The van der Waals surface area contributed by atoms with Gasteiger partial charge in [-0.25, -0.2) is 0 Å².